The number of benzene rings is 2. The van der Waals surface area contributed by atoms with E-state index >= 15 is 0 Å². The van der Waals surface area contributed by atoms with Crippen molar-refractivity contribution in [2.24, 2.45) is 5.10 Å². The van der Waals surface area contributed by atoms with E-state index in [1.165, 1.54) is 5.56 Å². The number of hydrogen-bond acceptors (Lipinski definition) is 4. The van der Waals surface area contributed by atoms with Gasteiger partial charge < -0.3 is 9.47 Å². The van der Waals surface area contributed by atoms with Gasteiger partial charge in [-0.15, -0.1) is 0 Å². The first kappa shape index (κ1) is 19.5. The van der Waals surface area contributed by atoms with Crippen molar-refractivity contribution < 1.29 is 14.3 Å². The van der Waals surface area contributed by atoms with E-state index in [9.17, 15) is 4.79 Å². The monoisotopic (exact) mass is 354 g/mol. The molecule has 5 nitrogen and oxygen atoms in total. The standard InChI is InChI=1S/C21H26N2O3/c1-15-5-6-16(2)20(13-15)26-14-21(24)23-22-17(3)7-8-18-9-11-19(25-4)12-10-18/h5-6,9-13H,7-8,14H2,1-4H3,(H,23,24)/b22-17-. The molecule has 0 unspecified atom stereocenters. The average Bonchev–Trinajstić information content (AvgIpc) is 2.65. The fraction of sp³-hybridized carbons (Fsp3) is 0.333. The van der Waals surface area contributed by atoms with Crippen LogP contribution >= 0.6 is 0 Å². The van der Waals surface area contributed by atoms with Gasteiger partial charge in [-0.05, 0) is 68.5 Å². The second-order valence-corrected chi connectivity index (χ2v) is 6.29. The van der Waals surface area contributed by atoms with E-state index in [2.05, 4.69) is 10.5 Å². The van der Waals surface area contributed by atoms with Crippen LogP contribution in [-0.4, -0.2) is 25.3 Å². The van der Waals surface area contributed by atoms with E-state index in [-0.39, 0.29) is 12.5 Å². The van der Waals surface area contributed by atoms with Crippen molar-refractivity contribution in [3.63, 3.8) is 0 Å². The number of hydrazone groups is 1. The summed E-state index contributed by atoms with van der Waals surface area (Å²) in [6.45, 7) is 5.78. The van der Waals surface area contributed by atoms with Gasteiger partial charge in [0, 0.05) is 5.71 Å². The topological polar surface area (TPSA) is 59.9 Å². The summed E-state index contributed by atoms with van der Waals surface area (Å²) in [5.41, 5.74) is 6.70. The van der Waals surface area contributed by atoms with E-state index in [0.29, 0.717) is 0 Å². The summed E-state index contributed by atoms with van der Waals surface area (Å²) in [4.78, 5) is 11.9. The number of hydrogen-bond donors (Lipinski definition) is 1. The molecule has 0 saturated heterocycles. The van der Waals surface area contributed by atoms with Gasteiger partial charge in [0.1, 0.15) is 11.5 Å². The lowest BCUT2D eigenvalue weighted by atomic mass is 10.1. The molecule has 0 fully saturated rings. The predicted octanol–water partition coefficient (Wildman–Crippen LogP) is 3.82. The van der Waals surface area contributed by atoms with Crippen molar-refractivity contribution in [3.8, 4) is 11.5 Å². The van der Waals surface area contributed by atoms with Gasteiger partial charge in [0.05, 0.1) is 7.11 Å². The average molecular weight is 354 g/mol. The lowest BCUT2D eigenvalue weighted by Gasteiger charge is -2.09. The highest BCUT2D eigenvalue weighted by atomic mass is 16.5. The first-order valence-electron chi connectivity index (χ1n) is 8.63. The second-order valence-electron chi connectivity index (χ2n) is 6.29. The van der Waals surface area contributed by atoms with Gasteiger partial charge in [-0.3, -0.25) is 4.79 Å². The third-order valence-electron chi connectivity index (χ3n) is 4.01. The Hall–Kier alpha value is -2.82. The van der Waals surface area contributed by atoms with Crippen molar-refractivity contribution in [2.75, 3.05) is 13.7 Å². The van der Waals surface area contributed by atoms with Crippen LogP contribution in [0.1, 0.15) is 30.0 Å². The van der Waals surface area contributed by atoms with E-state index < -0.39 is 0 Å². The second kappa shape index (κ2) is 9.61. The maximum Gasteiger partial charge on any atom is 0.277 e. The molecule has 0 spiro atoms. The Kier molecular flexibility index (Phi) is 7.21. The zero-order valence-corrected chi connectivity index (χ0v) is 15.8. The molecule has 0 aliphatic rings. The lowest BCUT2D eigenvalue weighted by molar-refractivity contribution is -0.123. The summed E-state index contributed by atoms with van der Waals surface area (Å²) in [5, 5.41) is 4.14. The fourth-order valence-corrected chi connectivity index (χ4v) is 2.37. The number of amides is 1. The molecule has 5 heteroatoms. The van der Waals surface area contributed by atoms with E-state index in [1.807, 2.05) is 63.2 Å². The smallest absolute Gasteiger partial charge is 0.277 e. The van der Waals surface area contributed by atoms with E-state index in [1.54, 1.807) is 7.11 Å². The van der Waals surface area contributed by atoms with Crippen molar-refractivity contribution in [1.82, 2.24) is 5.43 Å². The number of carbonyl (C=O) groups excluding carboxylic acids is 1. The number of nitrogens with zero attached hydrogens (tertiary/aromatic N) is 1. The van der Waals surface area contributed by atoms with Crippen LogP contribution in [0.5, 0.6) is 11.5 Å². The number of rotatable bonds is 8. The highest BCUT2D eigenvalue weighted by Gasteiger charge is 2.05. The summed E-state index contributed by atoms with van der Waals surface area (Å²) < 4.78 is 10.7. The Bertz CT molecular complexity index is 767. The molecule has 0 aliphatic heterocycles. The lowest BCUT2D eigenvalue weighted by Crippen LogP contribution is -2.25. The van der Waals surface area contributed by atoms with Gasteiger partial charge in [-0.1, -0.05) is 24.3 Å². The quantitative estimate of drug-likeness (QED) is 0.579. The molecule has 1 amide bonds. The highest BCUT2D eigenvalue weighted by Crippen LogP contribution is 2.18. The molecular formula is C21H26N2O3. The van der Waals surface area contributed by atoms with Crippen LogP contribution in [0.4, 0.5) is 0 Å². The molecule has 0 atom stereocenters. The Morgan fingerprint density at radius 1 is 1.12 bits per heavy atom. The SMILES string of the molecule is COc1ccc(CC/C(C)=N\NC(=O)COc2cc(C)ccc2C)cc1. The first-order chi connectivity index (χ1) is 12.5. The van der Waals surface area contributed by atoms with Crippen molar-refractivity contribution >= 4 is 11.6 Å². The summed E-state index contributed by atoms with van der Waals surface area (Å²) >= 11 is 0. The fourth-order valence-electron chi connectivity index (χ4n) is 2.37. The third kappa shape index (κ3) is 6.24. The summed E-state index contributed by atoms with van der Waals surface area (Å²) in [6.07, 6.45) is 1.62. The normalized spacial score (nSPS) is 11.2. The number of nitrogens with one attached hydrogen (secondary N) is 1. The number of ether oxygens (including phenoxy) is 2. The van der Waals surface area contributed by atoms with Crippen LogP contribution in [0.15, 0.2) is 47.6 Å². The summed E-state index contributed by atoms with van der Waals surface area (Å²) in [5.74, 6) is 1.30. The van der Waals surface area contributed by atoms with Crippen molar-refractivity contribution in [2.45, 2.75) is 33.6 Å². The van der Waals surface area contributed by atoms with Crippen LogP contribution in [-0.2, 0) is 11.2 Å². The van der Waals surface area contributed by atoms with E-state index in [0.717, 1.165) is 41.2 Å². The predicted molar refractivity (Wildman–Crippen MR) is 104 cm³/mol. The minimum atomic E-state index is -0.269. The van der Waals surface area contributed by atoms with Crippen molar-refractivity contribution in [3.05, 3.63) is 59.2 Å². The minimum Gasteiger partial charge on any atom is -0.497 e. The van der Waals surface area contributed by atoms with Gasteiger partial charge in [0.15, 0.2) is 6.61 Å². The number of methoxy groups -OCH3 is 1. The van der Waals surface area contributed by atoms with Crippen molar-refractivity contribution in [1.29, 1.82) is 0 Å². The molecule has 138 valence electrons. The van der Waals surface area contributed by atoms with Crippen LogP contribution in [0.25, 0.3) is 0 Å². The van der Waals surface area contributed by atoms with Crippen LogP contribution in [0.3, 0.4) is 0 Å². The Labute approximate surface area is 155 Å². The van der Waals surface area contributed by atoms with E-state index in [4.69, 9.17) is 9.47 Å². The van der Waals surface area contributed by atoms with Gasteiger partial charge in [-0.2, -0.15) is 5.10 Å². The van der Waals surface area contributed by atoms with Gasteiger partial charge in [-0.25, -0.2) is 5.43 Å². The molecule has 0 radical (unpaired) electrons. The molecule has 2 aromatic carbocycles. The Morgan fingerprint density at radius 3 is 2.54 bits per heavy atom. The molecule has 0 saturated carbocycles. The largest absolute Gasteiger partial charge is 0.497 e. The zero-order valence-electron chi connectivity index (χ0n) is 15.8. The Balaban J connectivity index is 1.76. The maximum absolute atomic E-state index is 11.9. The molecule has 2 aromatic rings. The zero-order chi connectivity index (χ0) is 18.9. The summed E-state index contributed by atoms with van der Waals surface area (Å²) in [6, 6.07) is 13.8. The molecule has 26 heavy (non-hydrogen) atoms. The Morgan fingerprint density at radius 2 is 1.85 bits per heavy atom. The molecule has 0 aliphatic carbocycles. The first-order valence-corrected chi connectivity index (χ1v) is 8.63. The van der Waals surface area contributed by atoms with Crippen LogP contribution in [0, 0.1) is 13.8 Å². The molecule has 1 N–H and O–H groups in total. The molecule has 0 heterocycles. The van der Waals surface area contributed by atoms with Gasteiger partial charge >= 0.3 is 0 Å². The third-order valence-corrected chi connectivity index (χ3v) is 4.01. The number of carbonyl (C=O) groups is 1. The van der Waals surface area contributed by atoms with Gasteiger partial charge in [0.2, 0.25) is 0 Å². The molecule has 2 rings (SSSR count). The summed E-state index contributed by atoms with van der Waals surface area (Å²) in [7, 11) is 1.65. The van der Waals surface area contributed by atoms with Gasteiger partial charge in [0.25, 0.3) is 5.91 Å². The molecule has 0 bridgehead atoms. The minimum absolute atomic E-state index is 0.0560. The van der Waals surface area contributed by atoms with Crippen LogP contribution in [0.2, 0.25) is 0 Å². The molecule has 0 aromatic heterocycles. The molecular weight excluding hydrogens is 328 g/mol. The van der Waals surface area contributed by atoms with Crippen LogP contribution < -0.4 is 14.9 Å². The number of aryl methyl sites for hydroxylation is 3. The maximum atomic E-state index is 11.9. The highest BCUT2D eigenvalue weighted by molar-refractivity contribution is 5.85.